The summed E-state index contributed by atoms with van der Waals surface area (Å²) < 4.78 is 26.0. The first-order valence-electron chi connectivity index (χ1n) is 9.79. The third-order valence-electron chi connectivity index (χ3n) is 5.58. The number of anilines is 1. The number of carbonyl (C=O) groups excluding carboxylic acids is 1. The van der Waals surface area contributed by atoms with Crippen molar-refractivity contribution in [3.63, 3.8) is 0 Å². The summed E-state index contributed by atoms with van der Waals surface area (Å²) in [6.07, 6.45) is 0. The van der Waals surface area contributed by atoms with E-state index in [0.717, 1.165) is 5.56 Å². The number of amides is 1. The molecule has 154 valence electrons. The Hall–Kier alpha value is -3.93. The van der Waals surface area contributed by atoms with E-state index in [2.05, 4.69) is 0 Å². The molecule has 4 aromatic rings. The van der Waals surface area contributed by atoms with Gasteiger partial charge < -0.3 is 9.15 Å². The molecule has 0 saturated carbocycles. The van der Waals surface area contributed by atoms with Gasteiger partial charge in [0.1, 0.15) is 17.1 Å². The summed E-state index contributed by atoms with van der Waals surface area (Å²) in [5, 5.41) is 0.365. The standard InChI is InChI=1S/C25H18FNO4/c1-14-7-12-20-18(13-14)23(28)21-22(17-5-3-4-6-19(17)26)27(25(29)24(21)31-20)15-8-10-16(30-2)11-9-15/h3-13,22H,1-2H3. The number of methoxy groups -OCH3 is 1. The predicted octanol–water partition coefficient (Wildman–Crippen LogP) is 5.00. The average Bonchev–Trinajstić information content (AvgIpc) is 3.07. The van der Waals surface area contributed by atoms with Gasteiger partial charge in [-0.1, -0.05) is 29.8 Å². The number of nitrogens with zero attached hydrogens (tertiary/aromatic N) is 1. The molecular weight excluding hydrogens is 397 g/mol. The molecule has 0 bridgehead atoms. The minimum Gasteiger partial charge on any atom is -0.497 e. The third-order valence-corrected chi connectivity index (χ3v) is 5.58. The highest BCUT2D eigenvalue weighted by molar-refractivity contribution is 6.10. The second kappa shape index (κ2) is 7.09. The largest absolute Gasteiger partial charge is 0.497 e. The molecule has 0 radical (unpaired) electrons. The van der Waals surface area contributed by atoms with Gasteiger partial charge in [-0.25, -0.2) is 4.39 Å². The maximum atomic E-state index is 14.9. The van der Waals surface area contributed by atoms with E-state index in [0.29, 0.717) is 22.4 Å². The van der Waals surface area contributed by atoms with Crippen molar-refractivity contribution in [1.29, 1.82) is 0 Å². The summed E-state index contributed by atoms with van der Waals surface area (Å²) >= 11 is 0. The van der Waals surface area contributed by atoms with Gasteiger partial charge in [0.2, 0.25) is 5.76 Å². The van der Waals surface area contributed by atoms with E-state index in [9.17, 15) is 14.0 Å². The summed E-state index contributed by atoms with van der Waals surface area (Å²) in [4.78, 5) is 28.4. The lowest BCUT2D eigenvalue weighted by Gasteiger charge is -2.25. The van der Waals surface area contributed by atoms with E-state index in [1.54, 1.807) is 61.7 Å². The minimum atomic E-state index is -0.946. The van der Waals surface area contributed by atoms with E-state index in [1.165, 1.54) is 11.0 Å². The molecule has 5 nitrogen and oxygen atoms in total. The molecule has 0 fully saturated rings. The Balaban J connectivity index is 1.81. The van der Waals surface area contributed by atoms with Crippen LogP contribution in [-0.4, -0.2) is 13.0 Å². The van der Waals surface area contributed by atoms with Crippen LogP contribution >= 0.6 is 0 Å². The molecule has 1 aliphatic rings. The average molecular weight is 415 g/mol. The number of carbonyl (C=O) groups is 1. The molecule has 0 spiro atoms. The quantitative estimate of drug-likeness (QED) is 0.473. The lowest BCUT2D eigenvalue weighted by molar-refractivity contribution is 0.0970. The zero-order chi connectivity index (χ0) is 21.7. The Morgan fingerprint density at radius 3 is 2.45 bits per heavy atom. The molecule has 31 heavy (non-hydrogen) atoms. The molecule has 3 aromatic carbocycles. The van der Waals surface area contributed by atoms with Crippen LogP contribution in [0.1, 0.15) is 33.3 Å². The summed E-state index contributed by atoms with van der Waals surface area (Å²) in [7, 11) is 1.55. The van der Waals surface area contributed by atoms with E-state index >= 15 is 0 Å². The van der Waals surface area contributed by atoms with Crippen LogP contribution in [0.15, 0.2) is 75.9 Å². The van der Waals surface area contributed by atoms with Crippen molar-refractivity contribution >= 4 is 22.6 Å². The first-order valence-corrected chi connectivity index (χ1v) is 9.79. The molecule has 1 aromatic heterocycles. The summed E-state index contributed by atoms with van der Waals surface area (Å²) in [6.45, 7) is 1.87. The Morgan fingerprint density at radius 1 is 1.00 bits per heavy atom. The van der Waals surface area contributed by atoms with Crippen molar-refractivity contribution in [1.82, 2.24) is 0 Å². The normalized spacial score (nSPS) is 15.4. The van der Waals surface area contributed by atoms with Crippen LogP contribution < -0.4 is 15.1 Å². The van der Waals surface area contributed by atoms with Crippen molar-refractivity contribution in [3.8, 4) is 5.75 Å². The summed E-state index contributed by atoms with van der Waals surface area (Å²) in [5.74, 6) is -0.445. The van der Waals surface area contributed by atoms with Crippen LogP contribution in [0.25, 0.3) is 11.0 Å². The molecule has 0 saturated heterocycles. The predicted molar refractivity (Wildman–Crippen MR) is 115 cm³/mol. The zero-order valence-electron chi connectivity index (χ0n) is 16.9. The number of hydrogen-bond acceptors (Lipinski definition) is 4. The summed E-state index contributed by atoms with van der Waals surface area (Å²) in [6, 6.07) is 17.2. The van der Waals surface area contributed by atoms with Crippen LogP contribution in [-0.2, 0) is 0 Å². The monoisotopic (exact) mass is 415 g/mol. The van der Waals surface area contributed by atoms with Crippen LogP contribution in [0.2, 0.25) is 0 Å². The zero-order valence-corrected chi connectivity index (χ0v) is 16.9. The van der Waals surface area contributed by atoms with Gasteiger partial charge in [0.05, 0.1) is 24.1 Å². The third kappa shape index (κ3) is 2.91. The van der Waals surface area contributed by atoms with Crippen molar-refractivity contribution < 1.29 is 18.3 Å². The molecule has 6 heteroatoms. The second-order valence-corrected chi connectivity index (χ2v) is 7.47. The van der Waals surface area contributed by atoms with Crippen LogP contribution in [0.4, 0.5) is 10.1 Å². The van der Waals surface area contributed by atoms with Gasteiger partial charge in [0.15, 0.2) is 5.43 Å². The van der Waals surface area contributed by atoms with Gasteiger partial charge in [-0.2, -0.15) is 0 Å². The molecule has 1 amide bonds. The number of fused-ring (bicyclic) bond motifs is 2. The molecule has 5 rings (SSSR count). The van der Waals surface area contributed by atoms with Crippen LogP contribution in [0.3, 0.4) is 0 Å². The Bertz CT molecular complexity index is 1390. The number of ether oxygens (including phenoxy) is 1. The van der Waals surface area contributed by atoms with Crippen molar-refractivity contribution in [2.45, 2.75) is 13.0 Å². The summed E-state index contributed by atoms with van der Waals surface area (Å²) in [5.41, 5.74) is 1.75. The van der Waals surface area contributed by atoms with Crippen molar-refractivity contribution in [2.75, 3.05) is 12.0 Å². The van der Waals surface area contributed by atoms with Gasteiger partial charge in [-0.15, -0.1) is 0 Å². The first-order chi connectivity index (χ1) is 15.0. The highest BCUT2D eigenvalue weighted by Crippen LogP contribution is 2.42. The fraction of sp³-hybridized carbons (Fsp3) is 0.120. The van der Waals surface area contributed by atoms with Crippen LogP contribution in [0, 0.1) is 12.7 Å². The lowest BCUT2D eigenvalue weighted by Crippen LogP contribution is -2.30. The van der Waals surface area contributed by atoms with E-state index in [-0.39, 0.29) is 22.3 Å². The molecule has 0 N–H and O–H groups in total. The first kappa shape index (κ1) is 19.1. The number of aryl methyl sites for hydroxylation is 1. The van der Waals surface area contributed by atoms with Crippen molar-refractivity contribution in [2.24, 2.45) is 0 Å². The van der Waals surface area contributed by atoms with Gasteiger partial charge in [0, 0.05) is 11.3 Å². The maximum Gasteiger partial charge on any atom is 0.295 e. The Labute approximate surface area is 177 Å². The fourth-order valence-corrected chi connectivity index (χ4v) is 4.09. The van der Waals surface area contributed by atoms with E-state index in [4.69, 9.17) is 9.15 Å². The SMILES string of the molecule is COc1ccc(N2C(=O)c3oc4ccc(C)cc4c(=O)c3C2c2ccccc2F)cc1. The Morgan fingerprint density at radius 2 is 1.74 bits per heavy atom. The second-order valence-electron chi connectivity index (χ2n) is 7.47. The van der Waals surface area contributed by atoms with E-state index < -0.39 is 17.8 Å². The van der Waals surface area contributed by atoms with Gasteiger partial charge in [0.25, 0.3) is 5.91 Å². The molecule has 2 heterocycles. The molecule has 1 unspecified atom stereocenters. The number of benzene rings is 3. The van der Waals surface area contributed by atoms with Gasteiger partial charge in [-0.05, 0) is 49.4 Å². The van der Waals surface area contributed by atoms with E-state index in [1.807, 2.05) is 13.0 Å². The molecular formula is C25H18FNO4. The van der Waals surface area contributed by atoms with Crippen molar-refractivity contribution in [3.05, 3.63) is 105 Å². The topological polar surface area (TPSA) is 59.8 Å². The maximum absolute atomic E-state index is 14.9. The highest BCUT2D eigenvalue weighted by Gasteiger charge is 2.44. The number of rotatable bonds is 3. The van der Waals surface area contributed by atoms with Crippen LogP contribution in [0.5, 0.6) is 5.75 Å². The lowest BCUT2D eigenvalue weighted by atomic mass is 9.97. The number of halogens is 1. The molecule has 0 aliphatic carbocycles. The Kier molecular flexibility index (Phi) is 4.36. The number of hydrogen-bond donors (Lipinski definition) is 0. The van der Waals surface area contributed by atoms with Gasteiger partial charge in [-0.3, -0.25) is 14.5 Å². The molecule has 1 aliphatic heterocycles. The fourth-order valence-electron chi connectivity index (χ4n) is 4.09. The highest BCUT2D eigenvalue weighted by atomic mass is 19.1. The molecule has 1 atom stereocenters. The smallest absolute Gasteiger partial charge is 0.295 e. The van der Waals surface area contributed by atoms with Gasteiger partial charge >= 0.3 is 0 Å². The minimum absolute atomic E-state index is 0.0644.